The minimum atomic E-state index is -0.978. The third-order valence-corrected chi connectivity index (χ3v) is 4.20. The summed E-state index contributed by atoms with van der Waals surface area (Å²) in [5.41, 5.74) is 1.39. The van der Waals surface area contributed by atoms with Crippen LogP contribution in [0.15, 0.2) is 23.0 Å². The topological polar surface area (TPSA) is 75.1 Å². The molecule has 0 bridgehead atoms. The zero-order chi connectivity index (χ0) is 15.2. The van der Waals surface area contributed by atoms with Gasteiger partial charge in [-0.15, -0.1) is 0 Å². The number of imidazole rings is 1. The van der Waals surface area contributed by atoms with Crippen molar-refractivity contribution >= 4 is 28.8 Å². The van der Waals surface area contributed by atoms with Gasteiger partial charge >= 0.3 is 11.7 Å². The molecule has 0 fully saturated rings. The van der Waals surface area contributed by atoms with Crippen molar-refractivity contribution in [3.63, 3.8) is 0 Å². The summed E-state index contributed by atoms with van der Waals surface area (Å²) in [7, 11) is 0. The maximum absolute atomic E-state index is 11.9. The number of thioether (sulfide) groups is 1. The standard InChI is InChI=1S/C15H20N2O3S/c1-21-9-5-3-2-4-8-17-13-10-11(14(18)19)6-7-12(13)16-15(17)20/h6-7,10H,2-5,8-9H2,1H3,(H,16,20)(H,18,19). The van der Waals surface area contributed by atoms with Crippen molar-refractivity contribution in [2.75, 3.05) is 12.0 Å². The molecule has 0 radical (unpaired) electrons. The largest absolute Gasteiger partial charge is 0.478 e. The first kappa shape index (κ1) is 15.7. The number of unbranched alkanes of at least 4 members (excludes halogenated alkanes) is 3. The van der Waals surface area contributed by atoms with E-state index in [1.807, 2.05) is 11.8 Å². The lowest BCUT2D eigenvalue weighted by Crippen LogP contribution is -2.16. The highest BCUT2D eigenvalue weighted by molar-refractivity contribution is 7.98. The van der Waals surface area contributed by atoms with Gasteiger partial charge in [0.05, 0.1) is 16.6 Å². The van der Waals surface area contributed by atoms with Crippen LogP contribution >= 0.6 is 11.8 Å². The number of aryl methyl sites for hydroxylation is 1. The van der Waals surface area contributed by atoms with Crippen molar-refractivity contribution in [2.45, 2.75) is 32.2 Å². The van der Waals surface area contributed by atoms with Gasteiger partial charge < -0.3 is 10.1 Å². The molecule has 0 spiro atoms. The van der Waals surface area contributed by atoms with Gasteiger partial charge in [0.1, 0.15) is 0 Å². The molecule has 2 N–H and O–H groups in total. The Labute approximate surface area is 127 Å². The van der Waals surface area contributed by atoms with Crippen LogP contribution in [0.25, 0.3) is 11.0 Å². The molecule has 1 heterocycles. The molecule has 0 amide bonds. The van der Waals surface area contributed by atoms with Crippen molar-refractivity contribution in [2.24, 2.45) is 0 Å². The fourth-order valence-corrected chi connectivity index (χ4v) is 2.87. The third-order valence-electron chi connectivity index (χ3n) is 3.50. The van der Waals surface area contributed by atoms with Gasteiger partial charge in [-0.2, -0.15) is 11.8 Å². The number of benzene rings is 1. The van der Waals surface area contributed by atoms with E-state index in [9.17, 15) is 9.59 Å². The SMILES string of the molecule is CSCCCCCCn1c(=O)[nH]c2ccc(C(=O)O)cc21. The Morgan fingerprint density at radius 3 is 2.76 bits per heavy atom. The van der Waals surface area contributed by atoms with E-state index < -0.39 is 5.97 Å². The minimum Gasteiger partial charge on any atom is -0.478 e. The first-order valence-electron chi connectivity index (χ1n) is 7.08. The van der Waals surface area contributed by atoms with Crippen molar-refractivity contribution in [1.82, 2.24) is 9.55 Å². The van der Waals surface area contributed by atoms with Crippen molar-refractivity contribution in [3.8, 4) is 0 Å². The Bertz CT molecular complexity index is 675. The number of fused-ring (bicyclic) bond motifs is 1. The van der Waals surface area contributed by atoms with Crippen LogP contribution in [0.3, 0.4) is 0 Å². The molecule has 0 aliphatic rings. The summed E-state index contributed by atoms with van der Waals surface area (Å²) < 4.78 is 1.64. The second-order valence-corrected chi connectivity index (χ2v) is 6.01. The highest BCUT2D eigenvalue weighted by Crippen LogP contribution is 2.14. The van der Waals surface area contributed by atoms with Gasteiger partial charge in [-0.25, -0.2) is 9.59 Å². The number of aromatic nitrogens is 2. The van der Waals surface area contributed by atoms with Crippen LogP contribution in [0.1, 0.15) is 36.0 Å². The zero-order valence-electron chi connectivity index (χ0n) is 12.1. The van der Waals surface area contributed by atoms with Gasteiger partial charge in [0, 0.05) is 6.54 Å². The number of nitrogens with one attached hydrogen (secondary N) is 1. The molecular weight excluding hydrogens is 288 g/mol. The molecular formula is C15H20N2O3S. The molecule has 21 heavy (non-hydrogen) atoms. The highest BCUT2D eigenvalue weighted by Gasteiger charge is 2.10. The van der Waals surface area contributed by atoms with Crippen LogP contribution in [0.4, 0.5) is 0 Å². The molecule has 0 aliphatic heterocycles. The number of carbonyl (C=O) groups is 1. The quantitative estimate of drug-likeness (QED) is 0.735. The van der Waals surface area contributed by atoms with Crippen molar-refractivity contribution in [1.29, 1.82) is 0 Å². The molecule has 1 aromatic heterocycles. The molecule has 2 rings (SSSR count). The van der Waals surface area contributed by atoms with E-state index in [1.54, 1.807) is 16.7 Å². The van der Waals surface area contributed by atoms with Crippen LogP contribution < -0.4 is 5.69 Å². The van der Waals surface area contributed by atoms with Crippen LogP contribution in [0, 0.1) is 0 Å². The van der Waals surface area contributed by atoms with Crippen LogP contribution in [-0.2, 0) is 6.54 Å². The lowest BCUT2D eigenvalue weighted by Gasteiger charge is -2.04. The van der Waals surface area contributed by atoms with Gasteiger partial charge in [-0.3, -0.25) is 4.57 Å². The Hall–Kier alpha value is -1.69. The maximum Gasteiger partial charge on any atom is 0.335 e. The van der Waals surface area contributed by atoms with Gasteiger partial charge in [0.15, 0.2) is 0 Å². The van der Waals surface area contributed by atoms with Crippen molar-refractivity contribution < 1.29 is 9.90 Å². The van der Waals surface area contributed by atoms with Crippen LogP contribution in [0.2, 0.25) is 0 Å². The molecule has 0 saturated carbocycles. The monoisotopic (exact) mass is 308 g/mol. The Morgan fingerprint density at radius 2 is 2.05 bits per heavy atom. The van der Waals surface area contributed by atoms with E-state index in [0.29, 0.717) is 17.6 Å². The molecule has 5 nitrogen and oxygen atoms in total. The fraction of sp³-hybridized carbons (Fsp3) is 0.467. The summed E-state index contributed by atoms with van der Waals surface area (Å²) in [5.74, 6) is 0.198. The summed E-state index contributed by atoms with van der Waals surface area (Å²) in [6, 6.07) is 4.71. The maximum atomic E-state index is 11.9. The predicted octanol–water partition coefficient (Wildman–Crippen LogP) is 2.95. The zero-order valence-corrected chi connectivity index (χ0v) is 12.9. The smallest absolute Gasteiger partial charge is 0.335 e. The molecule has 0 unspecified atom stereocenters. The second kappa shape index (κ2) is 7.36. The summed E-state index contributed by atoms with van der Waals surface area (Å²) in [6.45, 7) is 0.626. The average Bonchev–Trinajstić information content (AvgIpc) is 2.77. The van der Waals surface area contributed by atoms with Gasteiger partial charge in [-0.1, -0.05) is 12.8 Å². The van der Waals surface area contributed by atoms with Gasteiger partial charge in [-0.05, 0) is 43.0 Å². The van der Waals surface area contributed by atoms with E-state index >= 15 is 0 Å². The fourth-order valence-electron chi connectivity index (χ4n) is 2.38. The first-order valence-corrected chi connectivity index (χ1v) is 8.47. The lowest BCUT2D eigenvalue weighted by atomic mass is 10.2. The number of aromatic amines is 1. The Kier molecular flexibility index (Phi) is 5.50. The summed E-state index contributed by atoms with van der Waals surface area (Å²) in [6.07, 6.45) is 6.48. The Balaban J connectivity index is 2.08. The number of nitrogens with zero attached hydrogens (tertiary/aromatic N) is 1. The number of hydrogen-bond donors (Lipinski definition) is 2. The Morgan fingerprint density at radius 1 is 1.29 bits per heavy atom. The van der Waals surface area contributed by atoms with Gasteiger partial charge in [0.25, 0.3) is 0 Å². The van der Waals surface area contributed by atoms with Crippen molar-refractivity contribution in [3.05, 3.63) is 34.2 Å². The van der Waals surface area contributed by atoms with Gasteiger partial charge in [0.2, 0.25) is 0 Å². The number of rotatable bonds is 8. The van der Waals surface area contributed by atoms with E-state index in [0.717, 1.165) is 12.8 Å². The number of carboxylic acids is 1. The molecule has 0 atom stereocenters. The molecule has 0 saturated heterocycles. The normalized spacial score (nSPS) is 11.1. The van der Waals surface area contributed by atoms with E-state index in [4.69, 9.17) is 5.11 Å². The summed E-state index contributed by atoms with van der Waals surface area (Å²) >= 11 is 1.85. The minimum absolute atomic E-state index is 0.170. The molecule has 1 aromatic carbocycles. The molecule has 6 heteroatoms. The second-order valence-electron chi connectivity index (χ2n) is 5.03. The van der Waals surface area contributed by atoms with Crippen LogP contribution in [-0.4, -0.2) is 32.6 Å². The van der Waals surface area contributed by atoms with E-state index in [1.165, 1.54) is 24.7 Å². The number of aromatic carboxylic acids is 1. The summed E-state index contributed by atoms with van der Waals surface area (Å²) in [5, 5.41) is 9.04. The van der Waals surface area contributed by atoms with E-state index in [-0.39, 0.29) is 11.3 Å². The molecule has 2 aromatic rings. The molecule has 114 valence electrons. The third kappa shape index (κ3) is 3.91. The first-order chi connectivity index (χ1) is 10.1. The predicted molar refractivity (Wildman–Crippen MR) is 86.4 cm³/mol. The van der Waals surface area contributed by atoms with E-state index in [2.05, 4.69) is 11.2 Å². The molecule has 0 aliphatic carbocycles. The van der Waals surface area contributed by atoms with Crippen LogP contribution in [0.5, 0.6) is 0 Å². The number of hydrogen-bond acceptors (Lipinski definition) is 3. The summed E-state index contributed by atoms with van der Waals surface area (Å²) in [4.78, 5) is 25.7. The average molecular weight is 308 g/mol. The number of H-pyrrole nitrogens is 1. The lowest BCUT2D eigenvalue weighted by molar-refractivity contribution is 0.0697. The highest BCUT2D eigenvalue weighted by atomic mass is 32.2. The number of carboxylic acid groups (broad SMARTS) is 1.